The average Bonchev–Trinajstić information content (AvgIpc) is 2.27. The predicted molar refractivity (Wildman–Crippen MR) is 79.8 cm³/mol. The van der Waals surface area contributed by atoms with E-state index in [0.717, 1.165) is 18.1 Å². The molecule has 100 valence electrons. The number of hydrogen-bond donors (Lipinski definition) is 1. The lowest BCUT2D eigenvalue weighted by Gasteiger charge is -2.17. The molecule has 0 radical (unpaired) electrons. The van der Waals surface area contributed by atoms with Gasteiger partial charge in [0.05, 0.1) is 0 Å². The number of thioether (sulfide) groups is 1. The number of carbonyl (C=O) groups excluding carboxylic acids is 1. The van der Waals surface area contributed by atoms with Crippen LogP contribution < -0.4 is 5.32 Å². The first kappa shape index (κ1) is 15.1. The van der Waals surface area contributed by atoms with Gasteiger partial charge in [-0.2, -0.15) is 11.8 Å². The molecule has 0 saturated heterocycles. The minimum absolute atomic E-state index is 0.124. The fourth-order valence-electron chi connectivity index (χ4n) is 1.49. The molecule has 3 heteroatoms. The number of carbonyl (C=O) groups is 1. The van der Waals surface area contributed by atoms with E-state index in [2.05, 4.69) is 36.5 Å². The molecule has 1 N–H and O–H groups in total. The van der Waals surface area contributed by atoms with Crippen molar-refractivity contribution in [2.75, 3.05) is 12.3 Å². The van der Waals surface area contributed by atoms with E-state index < -0.39 is 0 Å². The van der Waals surface area contributed by atoms with Crippen molar-refractivity contribution < 1.29 is 4.79 Å². The second-order valence-electron chi connectivity index (χ2n) is 5.55. The summed E-state index contributed by atoms with van der Waals surface area (Å²) in [4.78, 5) is 11.6. The van der Waals surface area contributed by atoms with Crippen LogP contribution in [0.4, 0.5) is 0 Å². The van der Waals surface area contributed by atoms with Gasteiger partial charge in [-0.1, -0.05) is 50.6 Å². The Morgan fingerprint density at radius 1 is 1.33 bits per heavy atom. The fraction of sp³-hybridized carbons (Fsp3) is 0.533. The molecule has 0 fully saturated rings. The van der Waals surface area contributed by atoms with Crippen LogP contribution in [0, 0.1) is 12.3 Å². The Kier molecular flexibility index (Phi) is 5.73. The molecule has 0 unspecified atom stereocenters. The zero-order chi connectivity index (χ0) is 13.6. The maximum atomic E-state index is 11.6. The second-order valence-corrected chi connectivity index (χ2v) is 6.65. The summed E-state index contributed by atoms with van der Waals surface area (Å²) in [5, 5.41) is 2.96. The zero-order valence-corrected chi connectivity index (χ0v) is 12.6. The van der Waals surface area contributed by atoms with Crippen LogP contribution in [0.2, 0.25) is 0 Å². The monoisotopic (exact) mass is 265 g/mol. The lowest BCUT2D eigenvalue weighted by atomic mass is 9.96. The molecule has 0 heterocycles. The van der Waals surface area contributed by atoms with E-state index in [4.69, 9.17) is 0 Å². The third-order valence-corrected chi connectivity index (χ3v) is 3.59. The minimum atomic E-state index is -0.290. The molecule has 0 bridgehead atoms. The Labute approximate surface area is 115 Å². The van der Waals surface area contributed by atoms with Crippen molar-refractivity contribution in [2.45, 2.75) is 33.4 Å². The van der Waals surface area contributed by atoms with Crippen LogP contribution in [-0.4, -0.2) is 18.2 Å². The standard InChI is InChI=1S/C15H23NOS/c1-12-6-5-7-13(10-12)11-18-9-8-16-14(17)15(2,3)4/h5-7,10H,8-9,11H2,1-4H3,(H,16,17). The summed E-state index contributed by atoms with van der Waals surface area (Å²) in [7, 11) is 0. The first-order chi connectivity index (χ1) is 8.39. The molecule has 0 aromatic heterocycles. The molecule has 2 nitrogen and oxygen atoms in total. The summed E-state index contributed by atoms with van der Waals surface area (Å²) >= 11 is 1.85. The van der Waals surface area contributed by atoms with Gasteiger partial charge in [0.2, 0.25) is 5.91 Å². The van der Waals surface area contributed by atoms with Crippen molar-refractivity contribution in [1.82, 2.24) is 5.32 Å². The number of amides is 1. The lowest BCUT2D eigenvalue weighted by molar-refractivity contribution is -0.128. The highest BCUT2D eigenvalue weighted by Crippen LogP contribution is 2.14. The minimum Gasteiger partial charge on any atom is -0.355 e. The Hall–Kier alpha value is -0.960. The van der Waals surface area contributed by atoms with Crippen LogP contribution in [-0.2, 0) is 10.5 Å². The fourth-order valence-corrected chi connectivity index (χ4v) is 2.30. The third-order valence-electron chi connectivity index (χ3n) is 2.56. The normalized spacial score (nSPS) is 11.3. The number of aryl methyl sites for hydroxylation is 1. The SMILES string of the molecule is Cc1cccc(CSCCNC(=O)C(C)(C)C)c1. The van der Waals surface area contributed by atoms with Gasteiger partial charge >= 0.3 is 0 Å². The third kappa shape index (κ3) is 5.58. The molecule has 0 spiro atoms. The molecule has 0 aliphatic heterocycles. The highest BCUT2D eigenvalue weighted by atomic mass is 32.2. The maximum absolute atomic E-state index is 11.6. The topological polar surface area (TPSA) is 29.1 Å². The van der Waals surface area contributed by atoms with Crippen molar-refractivity contribution in [3.05, 3.63) is 35.4 Å². The first-order valence-electron chi connectivity index (χ1n) is 6.31. The maximum Gasteiger partial charge on any atom is 0.225 e. The highest BCUT2D eigenvalue weighted by molar-refractivity contribution is 7.98. The molecule has 0 atom stereocenters. The van der Waals surface area contributed by atoms with Crippen molar-refractivity contribution in [3.63, 3.8) is 0 Å². The molecule has 0 saturated carbocycles. The molecular formula is C15H23NOS. The van der Waals surface area contributed by atoms with E-state index in [0.29, 0.717) is 0 Å². The van der Waals surface area contributed by atoms with Gasteiger partial charge < -0.3 is 5.32 Å². The molecule has 0 aliphatic carbocycles. The molecule has 18 heavy (non-hydrogen) atoms. The van der Waals surface area contributed by atoms with Gasteiger partial charge in [-0.3, -0.25) is 4.79 Å². The quantitative estimate of drug-likeness (QED) is 0.827. The molecule has 0 aliphatic rings. The van der Waals surface area contributed by atoms with Gasteiger partial charge in [-0.15, -0.1) is 0 Å². The lowest BCUT2D eigenvalue weighted by Crippen LogP contribution is -2.36. The molecule has 1 amide bonds. The van der Waals surface area contributed by atoms with E-state index in [1.54, 1.807) is 0 Å². The van der Waals surface area contributed by atoms with E-state index in [1.807, 2.05) is 32.5 Å². The van der Waals surface area contributed by atoms with Crippen molar-refractivity contribution in [2.24, 2.45) is 5.41 Å². The summed E-state index contributed by atoms with van der Waals surface area (Å²) in [6.07, 6.45) is 0. The molecule has 1 aromatic rings. The van der Waals surface area contributed by atoms with Gasteiger partial charge in [0.25, 0.3) is 0 Å². The summed E-state index contributed by atoms with van der Waals surface area (Å²) in [6.45, 7) is 8.65. The van der Waals surface area contributed by atoms with Gasteiger partial charge in [0.1, 0.15) is 0 Å². The molecular weight excluding hydrogens is 242 g/mol. The van der Waals surface area contributed by atoms with E-state index in [-0.39, 0.29) is 11.3 Å². The van der Waals surface area contributed by atoms with Crippen molar-refractivity contribution in [1.29, 1.82) is 0 Å². The van der Waals surface area contributed by atoms with E-state index >= 15 is 0 Å². The average molecular weight is 265 g/mol. The van der Waals surface area contributed by atoms with Gasteiger partial charge in [-0.25, -0.2) is 0 Å². The first-order valence-corrected chi connectivity index (χ1v) is 7.46. The van der Waals surface area contributed by atoms with E-state index in [9.17, 15) is 4.79 Å². The zero-order valence-electron chi connectivity index (χ0n) is 11.7. The summed E-state index contributed by atoms with van der Waals surface area (Å²) in [5.74, 6) is 2.08. The largest absolute Gasteiger partial charge is 0.355 e. The van der Waals surface area contributed by atoms with Crippen LogP contribution in [0.25, 0.3) is 0 Å². The summed E-state index contributed by atoms with van der Waals surface area (Å²) in [6, 6.07) is 8.55. The number of rotatable bonds is 5. The van der Waals surface area contributed by atoms with Gasteiger partial charge in [0, 0.05) is 23.5 Å². The van der Waals surface area contributed by atoms with Crippen LogP contribution in [0.1, 0.15) is 31.9 Å². The van der Waals surface area contributed by atoms with Crippen LogP contribution in [0.5, 0.6) is 0 Å². The smallest absolute Gasteiger partial charge is 0.225 e. The Morgan fingerprint density at radius 3 is 2.67 bits per heavy atom. The van der Waals surface area contributed by atoms with Crippen molar-refractivity contribution >= 4 is 17.7 Å². The number of hydrogen-bond acceptors (Lipinski definition) is 2. The Morgan fingerprint density at radius 2 is 2.06 bits per heavy atom. The van der Waals surface area contributed by atoms with Crippen molar-refractivity contribution in [3.8, 4) is 0 Å². The van der Waals surface area contributed by atoms with Crippen LogP contribution in [0.15, 0.2) is 24.3 Å². The number of nitrogens with one attached hydrogen (secondary N) is 1. The van der Waals surface area contributed by atoms with Gasteiger partial charge in [-0.05, 0) is 12.5 Å². The number of benzene rings is 1. The van der Waals surface area contributed by atoms with Crippen LogP contribution >= 0.6 is 11.8 Å². The molecule has 1 aromatic carbocycles. The van der Waals surface area contributed by atoms with Gasteiger partial charge in [0.15, 0.2) is 0 Å². The Bertz CT molecular complexity index is 396. The highest BCUT2D eigenvalue weighted by Gasteiger charge is 2.19. The summed E-state index contributed by atoms with van der Waals surface area (Å²) in [5.41, 5.74) is 2.36. The predicted octanol–water partition coefficient (Wildman–Crippen LogP) is 3.39. The molecule has 1 rings (SSSR count). The van der Waals surface area contributed by atoms with Crippen LogP contribution in [0.3, 0.4) is 0 Å². The second kappa shape index (κ2) is 6.83. The van der Waals surface area contributed by atoms with E-state index in [1.165, 1.54) is 11.1 Å². The summed E-state index contributed by atoms with van der Waals surface area (Å²) < 4.78 is 0. The Balaban J connectivity index is 2.18.